The maximum Gasteiger partial charge on any atom is 0.231 e. The first-order valence-electron chi connectivity index (χ1n) is 8.39. The maximum absolute atomic E-state index is 12.9. The summed E-state index contributed by atoms with van der Waals surface area (Å²) in [5, 5.41) is 3.61. The van der Waals surface area contributed by atoms with Crippen LogP contribution in [0, 0.1) is 17.7 Å². The molecule has 128 valence electrons. The molecular weight excluding hydrogens is 337 g/mol. The second-order valence-electron chi connectivity index (χ2n) is 6.29. The normalized spacial score (nSPS) is 15.3. The number of hydrogen-bond donors (Lipinski definition) is 1. The number of carbonyl (C=O) groups excluding carboxylic acids is 1. The van der Waals surface area contributed by atoms with Crippen LogP contribution in [0.5, 0.6) is 0 Å². The number of benzene rings is 2. The van der Waals surface area contributed by atoms with Crippen LogP contribution in [0.25, 0.3) is 0 Å². The third kappa shape index (κ3) is 4.03. The molecule has 0 aromatic heterocycles. The van der Waals surface area contributed by atoms with Crippen LogP contribution in [0.15, 0.2) is 48.5 Å². The Morgan fingerprint density at radius 3 is 2.36 bits per heavy atom. The zero-order valence-corrected chi connectivity index (χ0v) is 14.6. The van der Waals surface area contributed by atoms with Crippen molar-refractivity contribution in [2.45, 2.75) is 31.1 Å². The van der Waals surface area contributed by atoms with E-state index in [1.165, 1.54) is 12.1 Å². The molecule has 0 aliphatic heterocycles. The first kappa shape index (κ1) is 17.5. The molecule has 2 aromatic carbocycles. The molecule has 2 nitrogen and oxygen atoms in total. The minimum atomic E-state index is -0.484. The average molecular weight is 356 g/mol. The Hall–Kier alpha value is -2.31. The molecule has 2 aromatic rings. The molecule has 0 heterocycles. The van der Waals surface area contributed by atoms with E-state index >= 15 is 0 Å². The van der Waals surface area contributed by atoms with Gasteiger partial charge in [0, 0.05) is 10.6 Å². The Labute approximate surface area is 152 Å². The van der Waals surface area contributed by atoms with E-state index in [9.17, 15) is 9.18 Å². The van der Waals surface area contributed by atoms with Crippen LogP contribution in [0.1, 0.15) is 36.8 Å². The van der Waals surface area contributed by atoms with Crippen LogP contribution >= 0.6 is 11.6 Å². The second-order valence-corrected chi connectivity index (χ2v) is 6.72. The summed E-state index contributed by atoms with van der Waals surface area (Å²) in [6.07, 6.45) is 3.76. The van der Waals surface area contributed by atoms with Gasteiger partial charge in [0.15, 0.2) is 0 Å². The fraction of sp³-hybridized carbons (Fsp3) is 0.286. The van der Waals surface area contributed by atoms with Gasteiger partial charge >= 0.3 is 0 Å². The average Bonchev–Trinajstić information content (AvgIpc) is 3.12. The SMILES string of the molecule is O=C(NCC#Cc1ccc(F)cc1)C1(c2ccc(Cl)cc2)CCCC1. The highest BCUT2D eigenvalue weighted by atomic mass is 35.5. The van der Waals surface area contributed by atoms with E-state index in [-0.39, 0.29) is 18.3 Å². The Balaban J connectivity index is 1.68. The molecule has 1 aliphatic carbocycles. The molecule has 0 saturated heterocycles. The summed E-state index contributed by atoms with van der Waals surface area (Å²) in [6, 6.07) is 13.5. The smallest absolute Gasteiger partial charge is 0.231 e. The minimum Gasteiger partial charge on any atom is -0.344 e. The Kier molecular flexibility index (Phi) is 5.40. The summed E-state index contributed by atoms with van der Waals surface area (Å²) in [4.78, 5) is 12.8. The van der Waals surface area contributed by atoms with Crippen LogP contribution in [0.3, 0.4) is 0 Å². The number of rotatable bonds is 3. The zero-order chi connectivity index (χ0) is 17.7. The lowest BCUT2D eigenvalue weighted by molar-refractivity contribution is -0.126. The topological polar surface area (TPSA) is 29.1 Å². The van der Waals surface area contributed by atoms with Crippen LogP contribution < -0.4 is 5.32 Å². The molecule has 1 saturated carbocycles. The third-order valence-electron chi connectivity index (χ3n) is 4.70. The van der Waals surface area contributed by atoms with Gasteiger partial charge in [0.25, 0.3) is 0 Å². The molecule has 0 radical (unpaired) electrons. The number of carbonyl (C=O) groups is 1. The summed E-state index contributed by atoms with van der Waals surface area (Å²) in [5.41, 5.74) is 1.25. The zero-order valence-electron chi connectivity index (χ0n) is 13.8. The van der Waals surface area contributed by atoms with Crippen molar-refractivity contribution in [2.75, 3.05) is 6.54 Å². The lowest BCUT2D eigenvalue weighted by Crippen LogP contribution is -2.42. The first-order valence-corrected chi connectivity index (χ1v) is 8.77. The van der Waals surface area contributed by atoms with E-state index < -0.39 is 5.41 Å². The Morgan fingerprint density at radius 1 is 1.08 bits per heavy atom. The van der Waals surface area contributed by atoms with E-state index in [4.69, 9.17) is 11.6 Å². The van der Waals surface area contributed by atoms with Gasteiger partial charge < -0.3 is 5.32 Å². The Morgan fingerprint density at radius 2 is 1.72 bits per heavy atom. The van der Waals surface area contributed by atoms with Crippen LogP contribution in [-0.2, 0) is 10.2 Å². The van der Waals surface area contributed by atoms with Crippen molar-refractivity contribution in [3.8, 4) is 11.8 Å². The van der Waals surface area contributed by atoms with Crippen LogP contribution in [0.2, 0.25) is 5.02 Å². The molecule has 25 heavy (non-hydrogen) atoms. The molecule has 1 fully saturated rings. The van der Waals surface area contributed by atoms with Gasteiger partial charge in [-0.25, -0.2) is 4.39 Å². The van der Waals surface area contributed by atoms with Crippen molar-refractivity contribution in [2.24, 2.45) is 0 Å². The van der Waals surface area contributed by atoms with Gasteiger partial charge in [-0.15, -0.1) is 0 Å². The van der Waals surface area contributed by atoms with Gasteiger partial charge in [0.05, 0.1) is 12.0 Å². The van der Waals surface area contributed by atoms with Gasteiger partial charge in [-0.05, 0) is 54.8 Å². The van der Waals surface area contributed by atoms with E-state index in [2.05, 4.69) is 17.2 Å². The van der Waals surface area contributed by atoms with Crippen LogP contribution in [0.4, 0.5) is 4.39 Å². The van der Waals surface area contributed by atoms with Crippen molar-refractivity contribution in [3.05, 3.63) is 70.5 Å². The highest BCUT2D eigenvalue weighted by molar-refractivity contribution is 6.30. The molecule has 0 bridgehead atoms. The second kappa shape index (κ2) is 7.72. The highest BCUT2D eigenvalue weighted by Gasteiger charge is 2.42. The number of halogens is 2. The summed E-state index contributed by atoms with van der Waals surface area (Å²) < 4.78 is 12.9. The number of hydrogen-bond acceptors (Lipinski definition) is 1. The van der Waals surface area contributed by atoms with Crippen molar-refractivity contribution >= 4 is 17.5 Å². The largest absolute Gasteiger partial charge is 0.344 e. The molecule has 0 atom stereocenters. The van der Waals surface area contributed by atoms with Crippen molar-refractivity contribution in [1.29, 1.82) is 0 Å². The summed E-state index contributed by atoms with van der Waals surface area (Å²) in [6.45, 7) is 0.269. The lowest BCUT2D eigenvalue weighted by Gasteiger charge is -2.28. The number of nitrogens with one attached hydrogen (secondary N) is 1. The van der Waals surface area contributed by atoms with Gasteiger partial charge in [0.2, 0.25) is 5.91 Å². The molecular formula is C21H19ClFNO. The predicted molar refractivity (Wildman–Crippen MR) is 97.9 cm³/mol. The molecule has 1 amide bonds. The van der Waals surface area contributed by atoms with Crippen molar-refractivity contribution in [1.82, 2.24) is 5.32 Å². The fourth-order valence-corrected chi connectivity index (χ4v) is 3.49. The first-order chi connectivity index (χ1) is 12.1. The third-order valence-corrected chi connectivity index (χ3v) is 4.95. The van der Waals surface area contributed by atoms with Crippen molar-refractivity contribution < 1.29 is 9.18 Å². The van der Waals surface area contributed by atoms with Crippen LogP contribution in [-0.4, -0.2) is 12.5 Å². The van der Waals surface area contributed by atoms with Crippen molar-refractivity contribution in [3.63, 3.8) is 0 Å². The lowest BCUT2D eigenvalue weighted by atomic mass is 9.78. The van der Waals surface area contributed by atoms with E-state index in [1.807, 2.05) is 24.3 Å². The van der Waals surface area contributed by atoms with Gasteiger partial charge in [-0.1, -0.05) is 48.4 Å². The molecule has 0 spiro atoms. The van der Waals surface area contributed by atoms with E-state index in [1.54, 1.807) is 12.1 Å². The standard InChI is InChI=1S/C21H19ClFNO/c22-18-9-7-17(8-10-18)21(13-1-2-14-21)20(25)24-15-3-4-16-5-11-19(23)12-6-16/h5-12H,1-2,13-15H2,(H,24,25). The Bertz CT molecular complexity index is 797. The molecule has 4 heteroatoms. The highest BCUT2D eigenvalue weighted by Crippen LogP contribution is 2.41. The van der Waals surface area contributed by atoms with Gasteiger partial charge in [0.1, 0.15) is 5.82 Å². The van der Waals surface area contributed by atoms with E-state index in [0.29, 0.717) is 5.02 Å². The predicted octanol–water partition coefficient (Wildman–Crippen LogP) is 4.46. The quantitative estimate of drug-likeness (QED) is 0.809. The van der Waals surface area contributed by atoms with Gasteiger partial charge in [-0.3, -0.25) is 4.79 Å². The monoisotopic (exact) mass is 355 g/mol. The summed E-state index contributed by atoms with van der Waals surface area (Å²) in [5.74, 6) is 5.58. The van der Waals surface area contributed by atoms with E-state index in [0.717, 1.165) is 36.8 Å². The molecule has 1 N–H and O–H groups in total. The maximum atomic E-state index is 12.9. The minimum absolute atomic E-state index is 0.0146. The number of amides is 1. The van der Waals surface area contributed by atoms with Gasteiger partial charge in [-0.2, -0.15) is 0 Å². The fourth-order valence-electron chi connectivity index (χ4n) is 3.37. The summed E-state index contributed by atoms with van der Waals surface area (Å²) >= 11 is 5.97. The molecule has 1 aliphatic rings. The molecule has 3 rings (SSSR count). The molecule has 0 unspecified atom stereocenters. The summed E-state index contributed by atoms with van der Waals surface area (Å²) in [7, 11) is 0.